The van der Waals surface area contributed by atoms with E-state index in [0.717, 1.165) is 44.1 Å². The highest BCUT2D eigenvalue weighted by Crippen LogP contribution is 2.30. The van der Waals surface area contributed by atoms with Crippen LogP contribution in [-0.2, 0) is 11.3 Å². The SMILES string of the molecule is O=C(OCc1ccccc1)N1[C@H]2CCC/C=C\C[C@@H]1CCC2. The molecule has 3 nitrogen and oxygen atoms in total. The largest absolute Gasteiger partial charge is 0.445 e. The van der Waals surface area contributed by atoms with Gasteiger partial charge in [0.15, 0.2) is 0 Å². The number of hydrogen-bond donors (Lipinski definition) is 0. The normalized spacial score (nSPS) is 26.5. The van der Waals surface area contributed by atoms with Crippen molar-refractivity contribution in [1.29, 1.82) is 0 Å². The molecule has 1 amide bonds. The average molecular weight is 299 g/mol. The van der Waals surface area contributed by atoms with Crippen molar-refractivity contribution in [1.82, 2.24) is 4.90 Å². The fourth-order valence-electron chi connectivity index (χ4n) is 3.61. The minimum Gasteiger partial charge on any atom is -0.445 e. The number of carbonyl (C=O) groups is 1. The average Bonchev–Trinajstić information content (AvgIpc) is 2.61. The molecule has 2 aliphatic rings. The minimum absolute atomic E-state index is 0.131. The molecule has 1 aromatic carbocycles. The monoisotopic (exact) mass is 299 g/mol. The number of allylic oxidation sites excluding steroid dienone is 1. The maximum Gasteiger partial charge on any atom is 0.410 e. The molecule has 3 rings (SSSR count). The van der Waals surface area contributed by atoms with Gasteiger partial charge < -0.3 is 9.64 Å². The fraction of sp³-hybridized carbons (Fsp3) is 0.526. The third-order valence-electron chi connectivity index (χ3n) is 4.76. The van der Waals surface area contributed by atoms with Crippen molar-refractivity contribution < 1.29 is 9.53 Å². The van der Waals surface area contributed by atoms with Crippen molar-refractivity contribution in [3.8, 4) is 0 Å². The summed E-state index contributed by atoms with van der Waals surface area (Å²) in [7, 11) is 0. The topological polar surface area (TPSA) is 29.5 Å². The Labute approximate surface area is 133 Å². The fourth-order valence-corrected chi connectivity index (χ4v) is 3.61. The van der Waals surface area contributed by atoms with Crippen LogP contribution in [0, 0.1) is 0 Å². The summed E-state index contributed by atoms with van der Waals surface area (Å²) in [5.74, 6) is 0. The van der Waals surface area contributed by atoms with Crippen molar-refractivity contribution in [2.24, 2.45) is 0 Å². The molecule has 0 unspecified atom stereocenters. The third kappa shape index (κ3) is 3.70. The maximum atomic E-state index is 12.6. The first-order valence-electron chi connectivity index (χ1n) is 8.48. The van der Waals surface area contributed by atoms with E-state index < -0.39 is 0 Å². The molecule has 0 aromatic heterocycles. The number of ether oxygens (including phenoxy) is 1. The Morgan fingerprint density at radius 1 is 1.05 bits per heavy atom. The number of amides is 1. The van der Waals surface area contributed by atoms with Crippen LogP contribution in [0.1, 0.15) is 50.5 Å². The van der Waals surface area contributed by atoms with Gasteiger partial charge in [0.2, 0.25) is 0 Å². The molecule has 0 aliphatic carbocycles. The quantitative estimate of drug-likeness (QED) is 0.742. The predicted molar refractivity (Wildman–Crippen MR) is 87.5 cm³/mol. The molecular weight excluding hydrogens is 274 g/mol. The second-order valence-electron chi connectivity index (χ2n) is 6.32. The van der Waals surface area contributed by atoms with Crippen LogP contribution in [0.2, 0.25) is 0 Å². The molecule has 1 saturated heterocycles. The Bertz CT molecular complexity index is 511. The smallest absolute Gasteiger partial charge is 0.410 e. The van der Waals surface area contributed by atoms with E-state index >= 15 is 0 Å². The van der Waals surface area contributed by atoms with Crippen LogP contribution in [0.3, 0.4) is 0 Å². The zero-order valence-electron chi connectivity index (χ0n) is 13.1. The molecule has 0 saturated carbocycles. The van der Waals surface area contributed by atoms with Crippen LogP contribution in [0.25, 0.3) is 0 Å². The second-order valence-corrected chi connectivity index (χ2v) is 6.32. The van der Waals surface area contributed by atoms with Crippen molar-refractivity contribution in [3.05, 3.63) is 48.0 Å². The van der Waals surface area contributed by atoms with Crippen LogP contribution in [0.5, 0.6) is 0 Å². The summed E-state index contributed by atoms with van der Waals surface area (Å²) in [6.07, 6.45) is 12.2. The Morgan fingerprint density at radius 2 is 1.82 bits per heavy atom. The zero-order chi connectivity index (χ0) is 15.2. The Hall–Kier alpha value is -1.77. The summed E-state index contributed by atoms with van der Waals surface area (Å²) in [6, 6.07) is 10.6. The summed E-state index contributed by atoms with van der Waals surface area (Å²) in [6.45, 7) is 0.367. The van der Waals surface area contributed by atoms with Crippen molar-refractivity contribution in [2.75, 3.05) is 0 Å². The van der Waals surface area contributed by atoms with E-state index in [1.807, 2.05) is 35.2 Å². The molecule has 1 aromatic rings. The highest BCUT2D eigenvalue weighted by Gasteiger charge is 2.34. The molecule has 3 heteroatoms. The Kier molecular flexibility index (Phi) is 5.15. The molecule has 2 bridgehead atoms. The molecule has 0 radical (unpaired) electrons. The van der Waals surface area contributed by atoms with Gasteiger partial charge in [-0.1, -0.05) is 42.5 Å². The number of fused-ring (bicyclic) bond motifs is 2. The van der Waals surface area contributed by atoms with Gasteiger partial charge in [0.1, 0.15) is 6.61 Å². The van der Waals surface area contributed by atoms with Gasteiger partial charge in [0.05, 0.1) is 0 Å². The standard InChI is InChI=1S/C19H25NO2/c21-19(22-15-16-9-4-3-5-10-16)20-17-11-6-1-2-7-12-18(20)14-8-13-17/h1,3-6,9-10,17-18H,2,7-8,11-15H2/b6-1-/t17-,18+/m1/s1. The molecule has 2 heterocycles. The number of benzene rings is 1. The van der Waals surface area contributed by atoms with Gasteiger partial charge in [-0.15, -0.1) is 0 Å². The molecule has 0 N–H and O–H groups in total. The molecule has 2 atom stereocenters. The van der Waals surface area contributed by atoms with Crippen LogP contribution >= 0.6 is 0 Å². The minimum atomic E-state index is -0.131. The summed E-state index contributed by atoms with van der Waals surface area (Å²) in [4.78, 5) is 14.7. The van der Waals surface area contributed by atoms with E-state index in [1.54, 1.807) is 0 Å². The number of rotatable bonds is 2. The zero-order valence-corrected chi connectivity index (χ0v) is 13.1. The van der Waals surface area contributed by atoms with Gasteiger partial charge in [-0.25, -0.2) is 4.79 Å². The third-order valence-corrected chi connectivity index (χ3v) is 4.76. The lowest BCUT2D eigenvalue weighted by Gasteiger charge is -2.41. The Balaban J connectivity index is 1.66. The van der Waals surface area contributed by atoms with E-state index in [0.29, 0.717) is 18.7 Å². The molecule has 22 heavy (non-hydrogen) atoms. The summed E-state index contributed by atoms with van der Waals surface area (Å²) in [5, 5.41) is 0. The van der Waals surface area contributed by atoms with Crippen LogP contribution in [-0.4, -0.2) is 23.1 Å². The van der Waals surface area contributed by atoms with Crippen molar-refractivity contribution in [2.45, 2.75) is 63.6 Å². The first-order valence-corrected chi connectivity index (χ1v) is 8.48. The highest BCUT2D eigenvalue weighted by molar-refractivity contribution is 5.68. The summed E-state index contributed by atoms with van der Waals surface area (Å²) in [5.41, 5.74) is 1.05. The van der Waals surface area contributed by atoms with Gasteiger partial charge in [0, 0.05) is 12.1 Å². The van der Waals surface area contributed by atoms with Gasteiger partial charge in [-0.05, 0) is 50.5 Å². The van der Waals surface area contributed by atoms with Crippen LogP contribution in [0.4, 0.5) is 4.79 Å². The molecule has 1 fully saturated rings. The predicted octanol–water partition coefficient (Wildman–Crippen LogP) is 4.68. The Morgan fingerprint density at radius 3 is 2.68 bits per heavy atom. The maximum absolute atomic E-state index is 12.6. The van der Waals surface area contributed by atoms with E-state index in [1.165, 1.54) is 6.42 Å². The van der Waals surface area contributed by atoms with E-state index in [9.17, 15) is 4.79 Å². The number of nitrogens with zero attached hydrogens (tertiary/aromatic N) is 1. The summed E-state index contributed by atoms with van der Waals surface area (Å²) >= 11 is 0. The first kappa shape index (κ1) is 15.1. The highest BCUT2D eigenvalue weighted by atomic mass is 16.6. The van der Waals surface area contributed by atoms with E-state index in [-0.39, 0.29) is 6.09 Å². The number of carbonyl (C=O) groups excluding carboxylic acids is 1. The first-order chi connectivity index (χ1) is 10.8. The second kappa shape index (κ2) is 7.48. The molecular formula is C19H25NO2. The number of hydrogen-bond acceptors (Lipinski definition) is 2. The summed E-state index contributed by atoms with van der Waals surface area (Å²) < 4.78 is 5.60. The number of piperidine rings is 1. The molecule has 2 aliphatic heterocycles. The van der Waals surface area contributed by atoms with Crippen LogP contribution in [0.15, 0.2) is 42.5 Å². The van der Waals surface area contributed by atoms with Gasteiger partial charge in [0.25, 0.3) is 0 Å². The van der Waals surface area contributed by atoms with E-state index in [4.69, 9.17) is 4.74 Å². The van der Waals surface area contributed by atoms with Crippen LogP contribution < -0.4 is 0 Å². The van der Waals surface area contributed by atoms with E-state index in [2.05, 4.69) is 12.2 Å². The van der Waals surface area contributed by atoms with Crippen molar-refractivity contribution >= 4 is 6.09 Å². The lowest BCUT2D eigenvalue weighted by atomic mass is 9.92. The van der Waals surface area contributed by atoms with Crippen molar-refractivity contribution in [3.63, 3.8) is 0 Å². The van der Waals surface area contributed by atoms with Gasteiger partial charge >= 0.3 is 6.09 Å². The van der Waals surface area contributed by atoms with Gasteiger partial charge in [-0.3, -0.25) is 0 Å². The lowest BCUT2D eigenvalue weighted by Crippen LogP contribution is -2.50. The molecule has 118 valence electrons. The lowest BCUT2D eigenvalue weighted by molar-refractivity contribution is 0.0398. The van der Waals surface area contributed by atoms with Gasteiger partial charge in [-0.2, -0.15) is 0 Å². The molecule has 0 spiro atoms.